The SMILES string of the molecule is CCC(C)(CO)NCc1ccc(OC)c(O)c1. The molecule has 0 aliphatic heterocycles. The lowest BCUT2D eigenvalue weighted by Gasteiger charge is -2.27. The second-order valence-corrected chi connectivity index (χ2v) is 4.43. The molecule has 1 unspecified atom stereocenters. The topological polar surface area (TPSA) is 61.7 Å². The molecule has 0 bridgehead atoms. The van der Waals surface area contributed by atoms with Gasteiger partial charge in [0.25, 0.3) is 0 Å². The molecule has 0 aliphatic carbocycles. The predicted octanol–water partition coefficient (Wildman–Crippen LogP) is 1.65. The molecule has 0 radical (unpaired) electrons. The number of phenolic OH excluding ortho intramolecular Hbond substituents is 1. The highest BCUT2D eigenvalue weighted by Crippen LogP contribution is 2.26. The first-order valence-corrected chi connectivity index (χ1v) is 5.76. The molecule has 96 valence electrons. The Balaban J connectivity index is 2.67. The first-order valence-electron chi connectivity index (χ1n) is 5.76. The number of hydrogen-bond acceptors (Lipinski definition) is 4. The van der Waals surface area contributed by atoms with Gasteiger partial charge >= 0.3 is 0 Å². The molecule has 1 rings (SSSR count). The van der Waals surface area contributed by atoms with Crippen molar-refractivity contribution in [2.75, 3.05) is 13.7 Å². The van der Waals surface area contributed by atoms with Crippen molar-refractivity contribution in [3.8, 4) is 11.5 Å². The van der Waals surface area contributed by atoms with Gasteiger partial charge in [-0.2, -0.15) is 0 Å². The Bertz CT molecular complexity index is 362. The molecule has 0 aliphatic rings. The van der Waals surface area contributed by atoms with E-state index in [0.29, 0.717) is 12.3 Å². The summed E-state index contributed by atoms with van der Waals surface area (Å²) in [5, 5.41) is 22.2. The van der Waals surface area contributed by atoms with Gasteiger partial charge in [0, 0.05) is 12.1 Å². The van der Waals surface area contributed by atoms with Gasteiger partial charge in [0.1, 0.15) is 0 Å². The summed E-state index contributed by atoms with van der Waals surface area (Å²) in [4.78, 5) is 0. The molecule has 0 spiro atoms. The van der Waals surface area contributed by atoms with E-state index in [1.165, 1.54) is 7.11 Å². The van der Waals surface area contributed by atoms with Gasteiger partial charge in [-0.15, -0.1) is 0 Å². The monoisotopic (exact) mass is 239 g/mol. The molecule has 3 N–H and O–H groups in total. The smallest absolute Gasteiger partial charge is 0.160 e. The van der Waals surface area contributed by atoms with Gasteiger partial charge in [0.2, 0.25) is 0 Å². The van der Waals surface area contributed by atoms with E-state index in [1.54, 1.807) is 12.1 Å². The van der Waals surface area contributed by atoms with Gasteiger partial charge in [0.15, 0.2) is 11.5 Å². The fourth-order valence-electron chi connectivity index (χ4n) is 1.45. The first-order chi connectivity index (χ1) is 8.04. The largest absolute Gasteiger partial charge is 0.504 e. The van der Waals surface area contributed by atoms with E-state index in [1.807, 2.05) is 19.9 Å². The van der Waals surface area contributed by atoms with Crippen molar-refractivity contribution < 1.29 is 14.9 Å². The van der Waals surface area contributed by atoms with Crippen LogP contribution in [0, 0.1) is 0 Å². The minimum absolute atomic E-state index is 0.0889. The minimum Gasteiger partial charge on any atom is -0.504 e. The molecule has 0 fully saturated rings. The van der Waals surface area contributed by atoms with Crippen molar-refractivity contribution in [1.29, 1.82) is 0 Å². The quantitative estimate of drug-likeness (QED) is 0.706. The molecule has 0 heterocycles. The number of aliphatic hydroxyl groups excluding tert-OH is 1. The van der Waals surface area contributed by atoms with Gasteiger partial charge in [0.05, 0.1) is 13.7 Å². The first kappa shape index (κ1) is 13.8. The van der Waals surface area contributed by atoms with Gasteiger partial charge < -0.3 is 20.3 Å². The Kier molecular flexibility index (Phi) is 4.78. The summed E-state index contributed by atoms with van der Waals surface area (Å²) in [5.74, 6) is 0.600. The third-order valence-corrected chi connectivity index (χ3v) is 3.09. The van der Waals surface area contributed by atoms with E-state index < -0.39 is 0 Å². The fraction of sp³-hybridized carbons (Fsp3) is 0.538. The number of nitrogens with one attached hydrogen (secondary N) is 1. The lowest BCUT2D eigenvalue weighted by Crippen LogP contribution is -2.44. The summed E-state index contributed by atoms with van der Waals surface area (Å²) in [7, 11) is 1.52. The molecule has 1 aromatic rings. The van der Waals surface area contributed by atoms with E-state index in [9.17, 15) is 10.2 Å². The van der Waals surface area contributed by atoms with E-state index in [4.69, 9.17) is 4.74 Å². The second kappa shape index (κ2) is 5.89. The third kappa shape index (κ3) is 3.61. The molecule has 0 saturated carbocycles. The van der Waals surface area contributed by atoms with Crippen LogP contribution >= 0.6 is 0 Å². The second-order valence-electron chi connectivity index (χ2n) is 4.43. The Morgan fingerprint density at radius 2 is 2.12 bits per heavy atom. The van der Waals surface area contributed by atoms with Crippen molar-refractivity contribution in [1.82, 2.24) is 5.32 Å². The van der Waals surface area contributed by atoms with Crippen LogP contribution < -0.4 is 10.1 Å². The normalized spacial score (nSPS) is 14.4. The van der Waals surface area contributed by atoms with Crippen LogP contribution in [0.1, 0.15) is 25.8 Å². The summed E-state index contributed by atoms with van der Waals surface area (Å²) in [5.41, 5.74) is 0.673. The maximum atomic E-state index is 9.63. The van der Waals surface area contributed by atoms with E-state index >= 15 is 0 Å². The van der Waals surface area contributed by atoms with Crippen LogP contribution in [0.5, 0.6) is 11.5 Å². The third-order valence-electron chi connectivity index (χ3n) is 3.09. The average Bonchev–Trinajstić information content (AvgIpc) is 2.36. The summed E-state index contributed by atoms with van der Waals surface area (Å²) < 4.78 is 4.98. The van der Waals surface area contributed by atoms with E-state index in [-0.39, 0.29) is 17.9 Å². The number of rotatable bonds is 6. The summed E-state index contributed by atoms with van der Waals surface area (Å²) in [6, 6.07) is 5.28. The standard InChI is InChI=1S/C13H21NO3/c1-4-13(2,9-15)14-8-10-5-6-12(17-3)11(16)7-10/h5-7,14-16H,4,8-9H2,1-3H3. The highest BCUT2D eigenvalue weighted by atomic mass is 16.5. The van der Waals surface area contributed by atoms with Crippen LogP contribution in [0.3, 0.4) is 0 Å². The van der Waals surface area contributed by atoms with Crippen molar-refractivity contribution in [2.24, 2.45) is 0 Å². The Morgan fingerprint density at radius 3 is 2.59 bits per heavy atom. The zero-order chi connectivity index (χ0) is 12.9. The minimum atomic E-state index is -0.282. The van der Waals surface area contributed by atoms with Gasteiger partial charge in [-0.05, 0) is 31.0 Å². The van der Waals surface area contributed by atoms with Gasteiger partial charge in [-0.3, -0.25) is 0 Å². The maximum Gasteiger partial charge on any atom is 0.160 e. The molecule has 1 aromatic carbocycles. The lowest BCUT2D eigenvalue weighted by molar-refractivity contribution is 0.169. The number of benzene rings is 1. The van der Waals surface area contributed by atoms with Crippen LogP contribution in [0.15, 0.2) is 18.2 Å². The van der Waals surface area contributed by atoms with E-state index in [0.717, 1.165) is 12.0 Å². The Labute approximate surface area is 102 Å². The molecule has 0 saturated heterocycles. The summed E-state index contributed by atoms with van der Waals surface area (Å²) >= 11 is 0. The number of phenols is 1. The van der Waals surface area contributed by atoms with Gasteiger partial charge in [-0.25, -0.2) is 0 Å². The molecule has 1 atom stereocenters. The van der Waals surface area contributed by atoms with Crippen molar-refractivity contribution in [3.05, 3.63) is 23.8 Å². The number of aromatic hydroxyl groups is 1. The van der Waals surface area contributed by atoms with Crippen LogP contribution in [-0.4, -0.2) is 29.5 Å². The van der Waals surface area contributed by atoms with E-state index in [2.05, 4.69) is 5.32 Å². The molecular weight excluding hydrogens is 218 g/mol. The zero-order valence-corrected chi connectivity index (χ0v) is 10.7. The fourth-order valence-corrected chi connectivity index (χ4v) is 1.45. The summed E-state index contributed by atoms with van der Waals surface area (Å²) in [6.07, 6.45) is 0.839. The van der Waals surface area contributed by atoms with Crippen LogP contribution in [0.4, 0.5) is 0 Å². The van der Waals surface area contributed by atoms with Crippen LogP contribution in [-0.2, 0) is 6.54 Å². The maximum absolute atomic E-state index is 9.63. The zero-order valence-electron chi connectivity index (χ0n) is 10.7. The highest BCUT2D eigenvalue weighted by Gasteiger charge is 2.19. The summed E-state index contributed by atoms with van der Waals surface area (Å²) in [6.45, 7) is 4.68. The Hall–Kier alpha value is -1.26. The molecule has 0 amide bonds. The van der Waals surface area contributed by atoms with Crippen molar-refractivity contribution in [3.63, 3.8) is 0 Å². The molecule has 17 heavy (non-hydrogen) atoms. The molecule has 0 aromatic heterocycles. The molecule has 4 nitrogen and oxygen atoms in total. The van der Waals surface area contributed by atoms with Crippen molar-refractivity contribution >= 4 is 0 Å². The highest BCUT2D eigenvalue weighted by molar-refractivity contribution is 5.41. The number of methoxy groups -OCH3 is 1. The molecule has 4 heteroatoms. The number of hydrogen-bond donors (Lipinski definition) is 3. The molecular formula is C13H21NO3. The average molecular weight is 239 g/mol. The van der Waals surface area contributed by atoms with Gasteiger partial charge in [-0.1, -0.05) is 13.0 Å². The Morgan fingerprint density at radius 1 is 1.41 bits per heavy atom. The van der Waals surface area contributed by atoms with Crippen LogP contribution in [0.25, 0.3) is 0 Å². The van der Waals surface area contributed by atoms with Crippen LogP contribution in [0.2, 0.25) is 0 Å². The lowest BCUT2D eigenvalue weighted by atomic mass is 10.00. The number of ether oxygens (including phenoxy) is 1. The predicted molar refractivity (Wildman–Crippen MR) is 67.3 cm³/mol. The number of aliphatic hydroxyl groups is 1. The van der Waals surface area contributed by atoms with Crippen molar-refractivity contribution in [2.45, 2.75) is 32.4 Å².